The van der Waals surface area contributed by atoms with Crippen LogP contribution in [0.5, 0.6) is 0 Å². The van der Waals surface area contributed by atoms with Gasteiger partial charge in [-0.15, -0.1) is 0 Å². The molecule has 1 nitrogen and oxygen atoms in total. The zero-order valence-electron chi connectivity index (χ0n) is 13.4. The number of rotatable bonds is 1. The Bertz CT molecular complexity index is 1080. The summed E-state index contributed by atoms with van der Waals surface area (Å²) >= 11 is 3.41. The van der Waals surface area contributed by atoms with Crippen LogP contribution in [0, 0.1) is 0 Å². The molecule has 25 heavy (non-hydrogen) atoms. The highest BCUT2D eigenvalue weighted by molar-refractivity contribution is 8.31. The van der Waals surface area contributed by atoms with Crippen LogP contribution in [0.1, 0.15) is 21.5 Å². The molecule has 0 saturated carbocycles. The first-order chi connectivity index (χ1) is 12.3. The molecule has 0 bridgehead atoms. The summed E-state index contributed by atoms with van der Waals surface area (Å²) < 4.78 is 1.13. The maximum Gasteiger partial charge on any atom is 0.191 e. The van der Waals surface area contributed by atoms with Crippen LogP contribution in [0.3, 0.4) is 0 Å². The second kappa shape index (κ2) is 5.94. The minimum absolute atomic E-state index is 0.199. The standard InChI is InChI=1S/C22H14OS2/c23-21-18(22-24-13-19(25-22)15-7-2-1-3-8-15)12-16-11-10-14-6-4-5-9-17(14)20(16)21/h1-11,13H,12H2. The van der Waals surface area contributed by atoms with Crippen molar-refractivity contribution in [2.45, 2.75) is 6.42 Å². The second-order valence-corrected chi connectivity index (χ2v) is 8.35. The molecule has 1 aliphatic heterocycles. The van der Waals surface area contributed by atoms with E-state index in [0.717, 1.165) is 38.1 Å². The van der Waals surface area contributed by atoms with Gasteiger partial charge in [0.2, 0.25) is 0 Å². The normalized spacial score (nSPS) is 19.4. The quantitative estimate of drug-likeness (QED) is 0.477. The van der Waals surface area contributed by atoms with Crippen LogP contribution < -0.4 is 0 Å². The molecule has 3 aromatic carbocycles. The maximum atomic E-state index is 13.1. The molecular formula is C22H14OS2. The van der Waals surface area contributed by atoms with Crippen LogP contribution >= 0.6 is 23.5 Å². The highest BCUT2D eigenvalue weighted by atomic mass is 32.2. The Balaban J connectivity index is 1.54. The fourth-order valence-electron chi connectivity index (χ4n) is 3.44. The minimum atomic E-state index is 0.199. The van der Waals surface area contributed by atoms with Crippen molar-refractivity contribution in [3.63, 3.8) is 0 Å². The van der Waals surface area contributed by atoms with Crippen molar-refractivity contribution in [3.8, 4) is 0 Å². The van der Waals surface area contributed by atoms with Crippen molar-refractivity contribution in [1.82, 2.24) is 0 Å². The molecule has 1 heterocycles. The lowest BCUT2D eigenvalue weighted by molar-refractivity contribution is 0.104. The molecule has 0 fully saturated rings. The van der Waals surface area contributed by atoms with Gasteiger partial charge in [-0.05, 0) is 27.3 Å². The van der Waals surface area contributed by atoms with E-state index in [-0.39, 0.29) is 5.78 Å². The van der Waals surface area contributed by atoms with Gasteiger partial charge < -0.3 is 0 Å². The Morgan fingerprint density at radius 3 is 2.52 bits per heavy atom. The van der Waals surface area contributed by atoms with Gasteiger partial charge in [0.25, 0.3) is 0 Å². The van der Waals surface area contributed by atoms with E-state index in [1.165, 1.54) is 10.5 Å². The monoisotopic (exact) mass is 358 g/mol. The molecule has 0 aromatic heterocycles. The first kappa shape index (κ1) is 15.1. The minimum Gasteiger partial charge on any atom is -0.289 e. The number of carbonyl (C=O) groups excluding carboxylic acids is 1. The summed E-state index contributed by atoms with van der Waals surface area (Å²) in [7, 11) is 0. The predicted octanol–water partition coefficient (Wildman–Crippen LogP) is 6.27. The molecule has 3 heteroatoms. The lowest BCUT2D eigenvalue weighted by atomic mass is 10.0. The molecular weight excluding hydrogens is 344 g/mol. The molecule has 0 unspecified atom stereocenters. The highest BCUT2D eigenvalue weighted by Crippen LogP contribution is 2.51. The smallest absolute Gasteiger partial charge is 0.191 e. The summed E-state index contributed by atoms with van der Waals surface area (Å²) in [4.78, 5) is 14.4. The predicted molar refractivity (Wildman–Crippen MR) is 109 cm³/mol. The number of hydrogen-bond acceptors (Lipinski definition) is 3. The third kappa shape index (κ3) is 2.46. The van der Waals surface area contributed by atoms with Gasteiger partial charge in [-0.3, -0.25) is 4.79 Å². The fourth-order valence-corrected chi connectivity index (χ4v) is 5.78. The summed E-state index contributed by atoms with van der Waals surface area (Å²) in [6, 6.07) is 22.8. The maximum absolute atomic E-state index is 13.1. The van der Waals surface area contributed by atoms with Crippen molar-refractivity contribution < 1.29 is 4.79 Å². The lowest BCUT2D eigenvalue weighted by Crippen LogP contribution is -1.97. The Kier molecular flexibility index (Phi) is 3.58. The van der Waals surface area contributed by atoms with E-state index in [0.29, 0.717) is 0 Å². The highest BCUT2D eigenvalue weighted by Gasteiger charge is 2.31. The van der Waals surface area contributed by atoms with Crippen LogP contribution in [0.4, 0.5) is 0 Å². The number of ketones is 1. The number of benzene rings is 3. The molecule has 1 aliphatic carbocycles. The van der Waals surface area contributed by atoms with Crippen LogP contribution in [0.2, 0.25) is 0 Å². The Labute approximate surface area is 154 Å². The fraction of sp³-hybridized carbons (Fsp3) is 0.0455. The van der Waals surface area contributed by atoms with Crippen LogP contribution in [0.25, 0.3) is 15.7 Å². The van der Waals surface area contributed by atoms with Gasteiger partial charge in [-0.1, -0.05) is 90.3 Å². The summed E-state index contributed by atoms with van der Waals surface area (Å²) in [5.74, 6) is 0.199. The lowest BCUT2D eigenvalue weighted by Gasteiger charge is -2.04. The van der Waals surface area contributed by atoms with Crippen LogP contribution in [0.15, 0.2) is 81.9 Å². The van der Waals surface area contributed by atoms with Gasteiger partial charge in [-0.25, -0.2) is 0 Å². The third-order valence-electron chi connectivity index (χ3n) is 4.66. The SMILES string of the molecule is O=C1C(=C2SC=C(c3ccccc3)S2)Cc2ccc3ccccc3c21. The Hall–Kier alpha value is -2.23. The Morgan fingerprint density at radius 1 is 0.840 bits per heavy atom. The molecule has 3 aromatic rings. The summed E-state index contributed by atoms with van der Waals surface area (Å²) in [6.45, 7) is 0. The van der Waals surface area contributed by atoms with E-state index in [2.05, 4.69) is 53.9 Å². The van der Waals surface area contributed by atoms with Gasteiger partial charge >= 0.3 is 0 Å². The zero-order chi connectivity index (χ0) is 16.8. The van der Waals surface area contributed by atoms with Gasteiger partial charge in [0.15, 0.2) is 5.78 Å². The second-order valence-electron chi connectivity index (χ2n) is 6.16. The molecule has 0 N–H and O–H groups in total. The number of Topliss-reactive ketones (excluding diaryl/α,β-unsaturated/α-hetero) is 1. The molecule has 0 spiro atoms. The zero-order valence-corrected chi connectivity index (χ0v) is 15.0. The molecule has 5 rings (SSSR count). The van der Waals surface area contributed by atoms with Crippen LogP contribution in [-0.2, 0) is 6.42 Å². The molecule has 0 amide bonds. The van der Waals surface area contributed by atoms with Crippen molar-refractivity contribution in [2.24, 2.45) is 0 Å². The number of allylic oxidation sites excluding steroid dienone is 1. The number of carbonyl (C=O) groups is 1. The molecule has 0 atom stereocenters. The van der Waals surface area contributed by atoms with E-state index in [9.17, 15) is 4.79 Å². The third-order valence-corrected chi connectivity index (χ3v) is 7.17. The van der Waals surface area contributed by atoms with E-state index in [1.54, 1.807) is 23.5 Å². The first-order valence-corrected chi connectivity index (χ1v) is 9.89. The topological polar surface area (TPSA) is 17.1 Å². The molecule has 120 valence electrons. The summed E-state index contributed by atoms with van der Waals surface area (Å²) in [5.41, 5.74) is 4.21. The summed E-state index contributed by atoms with van der Waals surface area (Å²) in [5, 5.41) is 4.37. The molecule has 2 aliphatic rings. The largest absolute Gasteiger partial charge is 0.289 e. The molecule has 0 saturated heterocycles. The van der Waals surface area contributed by atoms with Gasteiger partial charge in [0.05, 0.1) is 4.24 Å². The van der Waals surface area contributed by atoms with Crippen molar-refractivity contribution >= 4 is 45.0 Å². The van der Waals surface area contributed by atoms with Crippen molar-refractivity contribution in [1.29, 1.82) is 0 Å². The molecule has 0 radical (unpaired) electrons. The van der Waals surface area contributed by atoms with Gasteiger partial charge in [0, 0.05) is 22.5 Å². The first-order valence-electron chi connectivity index (χ1n) is 8.20. The van der Waals surface area contributed by atoms with Gasteiger partial charge in [0.1, 0.15) is 0 Å². The van der Waals surface area contributed by atoms with Crippen molar-refractivity contribution in [3.05, 3.63) is 98.6 Å². The van der Waals surface area contributed by atoms with E-state index in [4.69, 9.17) is 0 Å². The average molecular weight is 358 g/mol. The van der Waals surface area contributed by atoms with Gasteiger partial charge in [-0.2, -0.15) is 0 Å². The summed E-state index contributed by atoms with van der Waals surface area (Å²) in [6.07, 6.45) is 0.740. The van der Waals surface area contributed by atoms with Crippen molar-refractivity contribution in [2.75, 3.05) is 0 Å². The number of hydrogen-bond donors (Lipinski definition) is 0. The number of thioether (sulfide) groups is 2. The van der Waals surface area contributed by atoms with E-state index >= 15 is 0 Å². The van der Waals surface area contributed by atoms with Crippen LogP contribution in [-0.4, -0.2) is 5.78 Å². The van der Waals surface area contributed by atoms with E-state index < -0.39 is 0 Å². The average Bonchev–Trinajstić information content (AvgIpc) is 3.27. The van der Waals surface area contributed by atoms with E-state index in [1.807, 2.05) is 18.2 Å². The number of fused-ring (bicyclic) bond motifs is 3. The Morgan fingerprint density at radius 2 is 1.64 bits per heavy atom.